The minimum Gasteiger partial charge on any atom is -0.350 e. The summed E-state index contributed by atoms with van der Waals surface area (Å²) in [5.41, 5.74) is 0.121. The van der Waals surface area contributed by atoms with Gasteiger partial charge in [-0.25, -0.2) is 0 Å². The van der Waals surface area contributed by atoms with Gasteiger partial charge in [-0.1, -0.05) is 11.8 Å². The van der Waals surface area contributed by atoms with E-state index in [1.807, 2.05) is 0 Å². The molecule has 0 unspecified atom stereocenters. The fraction of sp³-hybridized carbons (Fsp3) is 0.850. The van der Waals surface area contributed by atoms with Crippen molar-refractivity contribution in [2.24, 2.45) is 17.8 Å². The molecule has 1 amide bonds. The van der Waals surface area contributed by atoms with Crippen molar-refractivity contribution >= 4 is 17.7 Å². The van der Waals surface area contributed by atoms with E-state index >= 15 is 0 Å². The van der Waals surface area contributed by atoms with Crippen LogP contribution in [0.4, 0.5) is 0 Å². The van der Waals surface area contributed by atoms with Crippen LogP contribution >= 0.6 is 11.8 Å². The number of nitrogens with one attached hydrogen (secondary N) is 1. The molecule has 0 saturated heterocycles. The monoisotopic (exact) mass is 372 g/mol. The Hall–Kier alpha value is -1.04. The second-order valence-electron chi connectivity index (χ2n) is 9.75. The molecule has 26 heavy (non-hydrogen) atoms. The number of thioether (sulfide) groups is 1. The van der Waals surface area contributed by atoms with Gasteiger partial charge < -0.3 is 9.88 Å². The molecule has 6 heteroatoms. The lowest BCUT2D eigenvalue weighted by atomic mass is 9.53. The molecular formula is C20H28N4OS. The van der Waals surface area contributed by atoms with E-state index in [4.69, 9.17) is 0 Å². The molecule has 0 spiro atoms. The molecule has 0 radical (unpaired) electrons. The van der Waals surface area contributed by atoms with Gasteiger partial charge in [-0.2, -0.15) is 0 Å². The van der Waals surface area contributed by atoms with Gasteiger partial charge in [0.2, 0.25) is 5.91 Å². The summed E-state index contributed by atoms with van der Waals surface area (Å²) in [6, 6.07) is 0.592. The van der Waals surface area contributed by atoms with Gasteiger partial charge in [0.05, 0.1) is 5.75 Å². The third-order valence-electron chi connectivity index (χ3n) is 7.32. The Kier molecular flexibility index (Phi) is 3.52. The van der Waals surface area contributed by atoms with Crippen LogP contribution in [0.25, 0.3) is 0 Å². The fourth-order valence-corrected chi connectivity index (χ4v) is 7.22. The Labute approximate surface area is 159 Å². The molecule has 1 aromatic rings. The molecule has 1 heterocycles. The van der Waals surface area contributed by atoms with Crippen LogP contribution in [-0.2, 0) is 4.79 Å². The van der Waals surface area contributed by atoms with Gasteiger partial charge in [-0.3, -0.25) is 4.79 Å². The van der Waals surface area contributed by atoms with E-state index in [0.29, 0.717) is 17.7 Å². The maximum atomic E-state index is 12.8. The number of hydrogen-bond donors (Lipinski definition) is 1. The largest absolute Gasteiger partial charge is 0.350 e. The zero-order chi connectivity index (χ0) is 17.3. The van der Waals surface area contributed by atoms with Gasteiger partial charge in [-0.15, -0.1) is 10.2 Å². The second kappa shape index (κ2) is 5.73. The average molecular weight is 373 g/mol. The molecule has 140 valence electrons. The SMILES string of the molecule is O=C(CSc1nnc(C2CC2)n1C1CC1)NC12CC3CC(CC(C3)C1)C2. The molecule has 1 aromatic heterocycles. The lowest BCUT2D eigenvalue weighted by Crippen LogP contribution is -2.60. The van der Waals surface area contributed by atoms with E-state index in [2.05, 4.69) is 20.1 Å². The molecule has 6 saturated carbocycles. The molecule has 6 aliphatic rings. The summed E-state index contributed by atoms with van der Waals surface area (Å²) < 4.78 is 2.35. The van der Waals surface area contributed by atoms with Crippen LogP contribution in [0.1, 0.15) is 82.0 Å². The van der Waals surface area contributed by atoms with Gasteiger partial charge in [0.1, 0.15) is 5.82 Å². The summed E-state index contributed by atoms with van der Waals surface area (Å²) in [6.07, 6.45) is 12.9. The highest BCUT2D eigenvalue weighted by atomic mass is 32.2. The summed E-state index contributed by atoms with van der Waals surface area (Å²) in [5, 5.41) is 13.3. The van der Waals surface area contributed by atoms with E-state index in [1.165, 1.54) is 70.0 Å². The smallest absolute Gasteiger partial charge is 0.230 e. The number of rotatable bonds is 6. The van der Waals surface area contributed by atoms with E-state index in [0.717, 1.165) is 22.9 Å². The van der Waals surface area contributed by atoms with Crippen molar-refractivity contribution in [3.63, 3.8) is 0 Å². The molecule has 0 aliphatic heterocycles. The molecule has 1 N–H and O–H groups in total. The molecule has 6 aliphatic carbocycles. The molecule has 4 bridgehead atoms. The first-order chi connectivity index (χ1) is 12.7. The number of amides is 1. The van der Waals surface area contributed by atoms with Crippen LogP contribution in [0.3, 0.4) is 0 Å². The Morgan fingerprint density at radius 1 is 1.04 bits per heavy atom. The standard InChI is InChI=1S/C20H28N4OS/c25-17(21-20-8-12-5-13(9-20)7-14(6-12)10-20)11-26-19-23-22-18(15-1-2-15)24(19)16-3-4-16/h12-16H,1-11H2,(H,21,25). The lowest BCUT2D eigenvalue weighted by molar-refractivity contribution is -0.124. The Morgan fingerprint density at radius 2 is 1.69 bits per heavy atom. The van der Waals surface area contributed by atoms with Crippen molar-refractivity contribution in [3.05, 3.63) is 5.82 Å². The van der Waals surface area contributed by atoms with Gasteiger partial charge in [0.25, 0.3) is 0 Å². The predicted molar refractivity (Wildman–Crippen MR) is 100 cm³/mol. The van der Waals surface area contributed by atoms with Gasteiger partial charge in [0.15, 0.2) is 5.16 Å². The number of nitrogens with zero attached hydrogens (tertiary/aromatic N) is 3. The van der Waals surface area contributed by atoms with Crippen molar-refractivity contribution < 1.29 is 4.79 Å². The van der Waals surface area contributed by atoms with Crippen molar-refractivity contribution in [1.82, 2.24) is 20.1 Å². The van der Waals surface area contributed by atoms with E-state index in [9.17, 15) is 4.79 Å². The number of carbonyl (C=O) groups excluding carboxylic acids is 1. The zero-order valence-corrected chi connectivity index (χ0v) is 16.1. The topological polar surface area (TPSA) is 59.8 Å². The summed E-state index contributed by atoms with van der Waals surface area (Å²) >= 11 is 1.60. The van der Waals surface area contributed by atoms with Crippen molar-refractivity contribution in [2.45, 2.75) is 86.9 Å². The summed E-state index contributed by atoms with van der Waals surface area (Å²) in [6.45, 7) is 0. The van der Waals surface area contributed by atoms with Crippen molar-refractivity contribution in [2.75, 3.05) is 5.75 Å². The van der Waals surface area contributed by atoms with Gasteiger partial charge >= 0.3 is 0 Å². The van der Waals surface area contributed by atoms with Crippen molar-refractivity contribution in [1.29, 1.82) is 0 Å². The highest BCUT2D eigenvalue weighted by Gasteiger charge is 2.51. The number of aromatic nitrogens is 3. The van der Waals surface area contributed by atoms with Crippen LogP contribution in [0.5, 0.6) is 0 Å². The molecule has 6 fully saturated rings. The molecule has 0 atom stereocenters. The van der Waals surface area contributed by atoms with Gasteiger partial charge in [0, 0.05) is 17.5 Å². The summed E-state index contributed by atoms with van der Waals surface area (Å²) in [7, 11) is 0. The maximum absolute atomic E-state index is 12.8. The minimum absolute atomic E-state index is 0.121. The van der Waals surface area contributed by atoms with E-state index in [-0.39, 0.29) is 11.4 Å². The van der Waals surface area contributed by atoms with Crippen LogP contribution in [0.2, 0.25) is 0 Å². The highest BCUT2D eigenvalue weighted by molar-refractivity contribution is 7.99. The number of hydrogen-bond acceptors (Lipinski definition) is 4. The van der Waals surface area contributed by atoms with E-state index < -0.39 is 0 Å². The van der Waals surface area contributed by atoms with Crippen LogP contribution < -0.4 is 5.32 Å². The summed E-state index contributed by atoms with van der Waals surface area (Å²) in [4.78, 5) is 12.8. The quantitative estimate of drug-likeness (QED) is 0.774. The first-order valence-corrected chi connectivity index (χ1v) is 11.5. The van der Waals surface area contributed by atoms with Crippen LogP contribution in [0, 0.1) is 17.8 Å². The van der Waals surface area contributed by atoms with Crippen LogP contribution in [-0.4, -0.2) is 32.0 Å². The summed E-state index contributed by atoms with van der Waals surface area (Å²) in [5.74, 6) is 5.09. The zero-order valence-electron chi connectivity index (χ0n) is 15.3. The predicted octanol–water partition coefficient (Wildman–Crippen LogP) is 3.67. The Morgan fingerprint density at radius 3 is 2.27 bits per heavy atom. The minimum atomic E-state index is 0.121. The Bertz CT molecular complexity index is 701. The van der Waals surface area contributed by atoms with Gasteiger partial charge in [-0.05, 0) is 82.0 Å². The second-order valence-corrected chi connectivity index (χ2v) is 10.7. The van der Waals surface area contributed by atoms with Crippen molar-refractivity contribution in [3.8, 4) is 0 Å². The maximum Gasteiger partial charge on any atom is 0.230 e. The Balaban J connectivity index is 1.12. The normalized spacial score (nSPS) is 37.9. The molecule has 5 nitrogen and oxygen atoms in total. The number of carbonyl (C=O) groups is 1. The first-order valence-electron chi connectivity index (χ1n) is 10.6. The highest BCUT2D eigenvalue weighted by Crippen LogP contribution is 2.55. The molecular weight excluding hydrogens is 344 g/mol. The fourth-order valence-electron chi connectivity index (χ4n) is 6.41. The third kappa shape index (κ3) is 2.79. The first kappa shape index (κ1) is 16.0. The molecule has 7 rings (SSSR count). The average Bonchev–Trinajstić information content (AvgIpc) is 3.50. The lowest BCUT2D eigenvalue weighted by Gasteiger charge is -2.56. The van der Waals surface area contributed by atoms with Crippen LogP contribution in [0.15, 0.2) is 5.16 Å². The van der Waals surface area contributed by atoms with E-state index in [1.54, 1.807) is 11.8 Å². The molecule has 0 aromatic carbocycles. The third-order valence-corrected chi connectivity index (χ3v) is 8.26.